The van der Waals surface area contributed by atoms with Crippen LogP contribution in [0.25, 0.3) is 23.0 Å². The van der Waals surface area contributed by atoms with Crippen LogP contribution < -0.4 is 0 Å². The zero-order valence-electron chi connectivity index (χ0n) is 15.2. The predicted octanol–water partition coefficient (Wildman–Crippen LogP) is 3.87. The minimum Gasteiger partial charge on any atom is -0.275 e. The van der Waals surface area contributed by atoms with Gasteiger partial charge in [-0.2, -0.15) is 5.10 Å². The molecule has 4 rings (SSSR count). The minimum atomic E-state index is -0.319. The number of carbonyl (C=O) groups is 2. The van der Waals surface area contributed by atoms with Crippen LogP contribution in [0.1, 0.15) is 12.0 Å². The molecular weight excluding hydrogens is 350 g/mol. The van der Waals surface area contributed by atoms with E-state index in [4.69, 9.17) is 5.10 Å². The van der Waals surface area contributed by atoms with Crippen molar-refractivity contribution in [2.24, 2.45) is 0 Å². The van der Waals surface area contributed by atoms with Crippen LogP contribution >= 0.6 is 0 Å². The number of rotatable bonds is 4. The van der Waals surface area contributed by atoms with E-state index in [2.05, 4.69) is 0 Å². The lowest BCUT2D eigenvalue weighted by atomic mass is 10.1. The molecule has 2 aromatic carbocycles. The van der Waals surface area contributed by atoms with Crippen molar-refractivity contribution in [1.82, 2.24) is 14.7 Å². The summed E-state index contributed by atoms with van der Waals surface area (Å²) in [5, 5.41) is 4.72. The Kier molecular flexibility index (Phi) is 4.97. The first-order valence-electron chi connectivity index (χ1n) is 9.13. The molecular formula is C23H19N3O2. The predicted molar refractivity (Wildman–Crippen MR) is 109 cm³/mol. The summed E-state index contributed by atoms with van der Waals surface area (Å²) in [5.74, 6) is -0.593. The fourth-order valence-corrected chi connectivity index (χ4v) is 3.10. The van der Waals surface area contributed by atoms with Crippen molar-refractivity contribution in [3.63, 3.8) is 0 Å². The Bertz CT molecular complexity index is 1050. The van der Waals surface area contributed by atoms with Gasteiger partial charge in [0.25, 0.3) is 11.8 Å². The first-order chi connectivity index (χ1) is 13.7. The highest BCUT2D eigenvalue weighted by atomic mass is 16.2. The molecule has 138 valence electrons. The van der Waals surface area contributed by atoms with Crippen LogP contribution in [0.3, 0.4) is 0 Å². The van der Waals surface area contributed by atoms with Crippen LogP contribution in [0.5, 0.6) is 0 Å². The molecule has 0 aliphatic carbocycles. The Hall–Kier alpha value is -3.73. The molecule has 0 fully saturated rings. The van der Waals surface area contributed by atoms with Gasteiger partial charge in [-0.15, -0.1) is 0 Å². The van der Waals surface area contributed by atoms with Crippen molar-refractivity contribution >= 4 is 17.9 Å². The molecule has 0 saturated heterocycles. The first kappa shape index (κ1) is 17.7. The van der Waals surface area contributed by atoms with Gasteiger partial charge in [0.05, 0.1) is 11.4 Å². The van der Waals surface area contributed by atoms with Crippen molar-refractivity contribution in [2.45, 2.75) is 6.42 Å². The van der Waals surface area contributed by atoms with Crippen molar-refractivity contribution in [3.8, 4) is 16.9 Å². The summed E-state index contributed by atoms with van der Waals surface area (Å²) in [7, 11) is 0. The Labute approximate surface area is 163 Å². The van der Waals surface area contributed by atoms with Crippen LogP contribution in [0.4, 0.5) is 0 Å². The fourth-order valence-electron chi connectivity index (χ4n) is 3.10. The van der Waals surface area contributed by atoms with Gasteiger partial charge in [-0.1, -0.05) is 54.6 Å². The summed E-state index contributed by atoms with van der Waals surface area (Å²) in [4.78, 5) is 25.6. The van der Waals surface area contributed by atoms with Crippen LogP contribution in [-0.2, 0) is 9.59 Å². The number of benzene rings is 2. The van der Waals surface area contributed by atoms with Gasteiger partial charge in [0, 0.05) is 29.9 Å². The molecule has 3 aromatic rings. The van der Waals surface area contributed by atoms with E-state index < -0.39 is 0 Å². The standard InChI is InChI=1S/C23H19N3O2/c27-21-13-7-8-16-25(21)22(28)15-14-19-17-26(20-11-5-2-6-12-20)24-23(19)18-9-3-1-4-10-18/h1-7,9-15,17H,8,16H2/b15-14+. The highest BCUT2D eigenvalue weighted by Gasteiger charge is 2.19. The van der Waals surface area contributed by atoms with Gasteiger partial charge in [-0.05, 0) is 30.7 Å². The Morgan fingerprint density at radius 1 is 1.00 bits per heavy atom. The fraction of sp³-hybridized carbons (Fsp3) is 0.0870. The topological polar surface area (TPSA) is 55.2 Å². The molecule has 0 spiro atoms. The SMILES string of the molecule is O=C1C=CCCN1C(=O)/C=C/c1cn(-c2ccccc2)nc1-c1ccccc1. The largest absolute Gasteiger partial charge is 0.275 e. The van der Waals surface area contributed by atoms with Crippen molar-refractivity contribution in [2.75, 3.05) is 6.54 Å². The maximum Gasteiger partial charge on any atom is 0.253 e. The normalized spacial score (nSPS) is 14.0. The number of amides is 2. The Balaban J connectivity index is 1.69. The zero-order valence-corrected chi connectivity index (χ0v) is 15.2. The van der Waals surface area contributed by atoms with Crippen LogP contribution in [0.15, 0.2) is 85.1 Å². The maximum atomic E-state index is 12.5. The van der Waals surface area contributed by atoms with Crippen LogP contribution in [-0.4, -0.2) is 33.0 Å². The van der Waals surface area contributed by atoms with Gasteiger partial charge in [0.15, 0.2) is 0 Å². The second-order valence-corrected chi connectivity index (χ2v) is 6.43. The Morgan fingerprint density at radius 3 is 2.43 bits per heavy atom. The van der Waals surface area contributed by atoms with Crippen molar-refractivity contribution < 1.29 is 9.59 Å². The summed E-state index contributed by atoms with van der Waals surface area (Å²) in [6.07, 6.45) is 8.97. The number of aromatic nitrogens is 2. The van der Waals surface area contributed by atoms with E-state index in [0.717, 1.165) is 22.5 Å². The first-order valence-corrected chi connectivity index (χ1v) is 9.13. The molecule has 0 atom stereocenters. The number of nitrogens with zero attached hydrogens (tertiary/aromatic N) is 3. The number of hydrogen-bond donors (Lipinski definition) is 0. The number of imide groups is 1. The van der Waals surface area contributed by atoms with Gasteiger partial charge in [0.2, 0.25) is 0 Å². The lowest BCUT2D eigenvalue weighted by Crippen LogP contribution is -2.37. The second kappa shape index (κ2) is 7.88. The van der Waals surface area contributed by atoms with Crippen molar-refractivity contribution in [3.05, 3.63) is 90.7 Å². The molecule has 0 radical (unpaired) electrons. The quantitative estimate of drug-likeness (QED) is 0.656. The van der Waals surface area contributed by atoms with E-state index in [0.29, 0.717) is 13.0 Å². The van der Waals surface area contributed by atoms with Gasteiger partial charge < -0.3 is 0 Å². The van der Waals surface area contributed by atoms with E-state index >= 15 is 0 Å². The number of hydrogen-bond acceptors (Lipinski definition) is 3. The molecule has 2 amide bonds. The molecule has 1 aliphatic heterocycles. The van der Waals surface area contributed by atoms with E-state index in [1.54, 1.807) is 16.8 Å². The summed E-state index contributed by atoms with van der Waals surface area (Å²) in [5.41, 5.74) is 3.48. The third kappa shape index (κ3) is 3.69. The third-order valence-corrected chi connectivity index (χ3v) is 4.53. The Morgan fingerprint density at radius 2 is 1.71 bits per heavy atom. The van der Waals surface area contributed by atoms with E-state index in [1.165, 1.54) is 17.1 Å². The minimum absolute atomic E-state index is 0.274. The molecule has 2 heterocycles. The average molecular weight is 369 g/mol. The summed E-state index contributed by atoms with van der Waals surface area (Å²) in [6, 6.07) is 19.6. The summed E-state index contributed by atoms with van der Waals surface area (Å²) >= 11 is 0. The third-order valence-electron chi connectivity index (χ3n) is 4.53. The van der Waals surface area contributed by atoms with Crippen LogP contribution in [0.2, 0.25) is 0 Å². The smallest absolute Gasteiger partial charge is 0.253 e. The molecule has 0 bridgehead atoms. The highest BCUT2D eigenvalue weighted by Crippen LogP contribution is 2.24. The number of para-hydroxylation sites is 1. The van der Waals surface area contributed by atoms with Gasteiger partial charge in [0.1, 0.15) is 0 Å². The van der Waals surface area contributed by atoms with Crippen molar-refractivity contribution in [1.29, 1.82) is 0 Å². The molecule has 0 N–H and O–H groups in total. The monoisotopic (exact) mass is 369 g/mol. The van der Waals surface area contributed by atoms with Gasteiger partial charge in [-0.25, -0.2) is 4.68 Å². The molecule has 0 unspecified atom stereocenters. The average Bonchev–Trinajstić information content (AvgIpc) is 3.18. The molecule has 5 heteroatoms. The maximum absolute atomic E-state index is 12.5. The lowest BCUT2D eigenvalue weighted by Gasteiger charge is -2.19. The molecule has 1 aromatic heterocycles. The highest BCUT2D eigenvalue weighted by molar-refractivity contribution is 6.07. The molecule has 5 nitrogen and oxygen atoms in total. The van der Waals surface area contributed by atoms with E-state index in [-0.39, 0.29) is 11.8 Å². The zero-order chi connectivity index (χ0) is 19.3. The molecule has 0 saturated carbocycles. The summed E-state index contributed by atoms with van der Waals surface area (Å²) in [6.45, 7) is 0.410. The second-order valence-electron chi connectivity index (χ2n) is 6.43. The van der Waals surface area contributed by atoms with E-state index in [9.17, 15) is 9.59 Å². The molecule has 1 aliphatic rings. The van der Waals surface area contributed by atoms with Gasteiger partial charge >= 0.3 is 0 Å². The van der Waals surface area contributed by atoms with Gasteiger partial charge in [-0.3, -0.25) is 14.5 Å². The molecule has 28 heavy (non-hydrogen) atoms. The number of carbonyl (C=O) groups excluding carboxylic acids is 2. The lowest BCUT2D eigenvalue weighted by molar-refractivity contribution is -0.139. The summed E-state index contributed by atoms with van der Waals surface area (Å²) < 4.78 is 1.79. The van der Waals surface area contributed by atoms with E-state index in [1.807, 2.05) is 66.9 Å². The van der Waals surface area contributed by atoms with Crippen LogP contribution in [0, 0.1) is 0 Å².